The lowest BCUT2D eigenvalue weighted by molar-refractivity contribution is -0.0423. The van der Waals surface area contributed by atoms with Crippen LogP contribution in [0.15, 0.2) is 30.3 Å². The summed E-state index contributed by atoms with van der Waals surface area (Å²) in [5.74, 6) is 1.20. The lowest BCUT2D eigenvalue weighted by Gasteiger charge is -2.43. The predicted molar refractivity (Wildman–Crippen MR) is 121 cm³/mol. The number of anilines is 2. The Kier molecular flexibility index (Phi) is 5.65. The highest BCUT2D eigenvalue weighted by Gasteiger charge is 2.33. The van der Waals surface area contributed by atoms with Gasteiger partial charge in [0.15, 0.2) is 5.82 Å². The van der Waals surface area contributed by atoms with Gasteiger partial charge in [-0.3, -0.25) is 4.57 Å². The minimum Gasteiger partial charge on any atom is -0.378 e. The summed E-state index contributed by atoms with van der Waals surface area (Å²) in [6.07, 6.45) is -2.77. The Labute approximate surface area is 191 Å². The number of imidazole rings is 1. The summed E-state index contributed by atoms with van der Waals surface area (Å²) in [5.41, 5.74) is 0.677. The third-order valence-corrected chi connectivity index (χ3v) is 6.10. The van der Waals surface area contributed by atoms with Crippen molar-refractivity contribution in [2.75, 3.05) is 49.3 Å². The fraction of sp³-hybridized carbons (Fsp3) is 0.522. The van der Waals surface area contributed by atoms with Gasteiger partial charge in [0.1, 0.15) is 11.6 Å². The third kappa shape index (κ3) is 4.24. The number of nitrogens with zero attached hydrogens (tertiary/aromatic N) is 6. The molecule has 3 aromatic rings. The van der Waals surface area contributed by atoms with Gasteiger partial charge in [-0.05, 0) is 32.9 Å². The molecule has 2 fully saturated rings. The molecule has 0 radical (unpaired) electrons. The van der Waals surface area contributed by atoms with Gasteiger partial charge < -0.3 is 19.3 Å². The summed E-state index contributed by atoms with van der Waals surface area (Å²) in [6.45, 7) is 9.85. The maximum absolute atomic E-state index is 14.0. The zero-order valence-corrected chi connectivity index (χ0v) is 19.0. The molecular formula is C23H28F2N6O2. The minimum absolute atomic E-state index is 0.0763. The highest BCUT2D eigenvalue weighted by atomic mass is 19.3. The molecule has 33 heavy (non-hydrogen) atoms. The second-order valence-corrected chi connectivity index (χ2v) is 9.13. The van der Waals surface area contributed by atoms with E-state index < -0.39 is 6.43 Å². The molecule has 5 rings (SSSR count). The van der Waals surface area contributed by atoms with Crippen LogP contribution in [0.5, 0.6) is 0 Å². The van der Waals surface area contributed by atoms with Gasteiger partial charge in [-0.25, -0.2) is 13.8 Å². The quantitative estimate of drug-likeness (QED) is 0.592. The smallest absolute Gasteiger partial charge is 0.296 e. The molecule has 0 aliphatic carbocycles. The largest absolute Gasteiger partial charge is 0.378 e. The number of hydrogen-bond acceptors (Lipinski definition) is 7. The number of ether oxygens (including phenoxy) is 2. The Morgan fingerprint density at radius 2 is 1.79 bits per heavy atom. The number of alkyl halides is 2. The summed E-state index contributed by atoms with van der Waals surface area (Å²) in [5, 5.41) is 0. The van der Waals surface area contributed by atoms with Crippen molar-refractivity contribution in [3.05, 3.63) is 36.2 Å². The van der Waals surface area contributed by atoms with Crippen LogP contribution < -0.4 is 9.80 Å². The first-order valence-corrected chi connectivity index (χ1v) is 11.2. The highest BCUT2D eigenvalue weighted by molar-refractivity contribution is 5.78. The second kappa shape index (κ2) is 8.49. The zero-order valence-electron chi connectivity index (χ0n) is 19.0. The van der Waals surface area contributed by atoms with Crippen molar-refractivity contribution in [2.45, 2.75) is 38.8 Å². The number of benzene rings is 1. The zero-order chi connectivity index (χ0) is 23.2. The third-order valence-electron chi connectivity index (χ3n) is 6.10. The molecule has 2 aromatic heterocycles. The first-order valence-electron chi connectivity index (χ1n) is 11.2. The predicted octanol–water partition coefficient (Wildman–Crippen LogP) is 3.59. The summed E-state index contributed by atoms with van der Waals surface area (Å²) in [7, 11) is 0. The van der Waals surface area contributed by atoms with E-state index in [4.69, 9.17) is 19.4 Å². The number of fused-ring (bicyclic) bond motifs is 1. The Balaban J connectivity index is 1.69. The van der Waals surface area contributed by atoms with Crippen molar-refractivity contribution in [1.82, 2.24) is 19.5 Å². The highest BCUT2D eigenvalue weighted by Crippen LogP contribution is 2.31. The van der Waals surface area contributed by atoms with Crippen LogP contribution in [-0.4, -0.2) is 70.6 Å². The molecule has 2 aliphatic rings. The molecule has 1 atom stereocenters. The number of morpholine rings is 2. The van der Waals surface area contributed by atoms with Crippen molar-refractivity contribution < 1.29 is 18.3 Å². The monoisotopic (exact) mass is 458 g/mol. The van der Waals surface area contributed by atoms with Gasteiger partial charge in [-0.1, -0.05) is 12.1 Å². The molecule has 0 spiro atoms. The van der Waals surface area contributed by atoms with E-state index in [0.717, 1.165) is 0 Å². The van der Waals surface area contributed by atoms with Crippen molar-refractivity contribution >= 4 is 22.7 Å². The lowest BCUT2D eigenvalue weighted by Crippen LogP contribution is -2.53. The molecule has 0 saturated carbocycles. The molecule has 176 valence electrons. The molecule has 0 bridgehead atoms. The number of halogens is 2. The Morgan fingerprint density at radius 3 is 2.55 bits per heavy atom. The van der Waals surface area contributed by atoms with Crippen LogP contribution in [0.1, 0.15) is 33.0 Å². The van der Waals surface area contributed by atoms with E-state index in [0.29, 0.717) is 62.1 Å². The number of aromatic nitrogens is 4. The molecule has 1 aromatic carbocycles. The average molecular weight is 459 g/mol. The molecule has 10 heteroatoms. The molecule has 0 amide bonds. The van der Waals surface area contributed by atoms with Crippen LogP contribution in [-0.2, 0) is 9.47 Å². The Bertz CT molecular complexity index is 1150. The van der Waals surface area contributed by atoms with E-state index in [1.165, 1.54) is 4.57 Å². The van der Waals surface area contributed by atoms with Gasteiger partial charge >= 0.3 is 0 Å². The number of hydrogen-bond donors (Lipinski definition) is 0. The molecule has 0 N–H and O–H groups in total. The van der Waals surface area contributed by atoms with Gasteiger partial charge in [0.25, 0.3) is 6.43 Å². The summed E-state index contributed by atoms with van der Waals surface area (Å²) < 4.78 is 40.9. The van der Waals surface area contributed by atoms with Gasteiger partial charge in [-0.2, -0.15) is 9.97 Å². The lowest BCUT2D eigenvalue weighted by atomic mass is 10.0. The molecule has 2 aliphatic heterocycles. The van der Waals surface area contributed by atoms with Crippen LogP contribution in [0, 0.1) is 0 Å². The van der Waals surface area contributed by atoms with Gasteiger partial charge in [0.05, 0.1) is 42.5 Å². The van der Waals surface area contributed by atoms with E-state index >= 15 is 0 Å². The maximum atomic E-state index is 14.0. The first kappa shape index (κ1) is 22.0. The topological polar surface area (TPSA) is 68.5 Å². The summed E-state index contributed by atoms with van der Waals surface area (Å²) >= 11 is 0. The first-order chi connectivity index (χ1) is 15.8. The normalized spacial score (nSPS) is 21.2. The molecule has 2 saturated heterocycles. The summed E-state index contributed by atoms with van der Waals surface area (Å²) in [6, 6.07) is 9.08. The molecule has 0 unspecified atom stereocenters. The van der Waals surface area contributed by atoms with Crippen molar-refractivity contribution in [2.24, 2.45) is 0 Å². The van der Waals surface area contributed by atoms with Crippen molar-refractivity contribution in [1.29, 1.82) is 0 Å². The fourth-order valence-corrected chi connectivity index (χ4v) is 4.37. The van der Waals surface area contributed by atoms with Gasteiger partial charge in [-0.15, -0.1) is 0 Å². The van der Waals surface area contributed by atoms with Crippen LogP contribution in [0.3, 0.4) is 0 Å². The van der Waals surface area contributed by atoms with Gasteiger partial charge in [0.2, 0.25) is 5.95 Å². The van der Waals surface area contributed by atoms with Crippen LogP contribution >= 0.6 is 0 Å². The van der Waals surface area contributed by atoms with Gasteiger partial charge in [0, 0.05) is 25.7 Å². The Morgan fingerprint density at radius 1 is 1.06 bits per heavy atom. The second-order valence-electron chi connectivity index (χ2n) is 9.13. The average Bonchev–Trinajstić information content (AvgIpc) is 3.21. The van der Waals surface area contributed by atoms with E-state index in [9.17, 15) is 8.78 Å². The molecular weight excluding hydrogens is 430 g/mol. The van der Waals surface area contributed by atoms with E-state index in [2.05, 4.69) is 21.7 Å². The van der Waals surface area contributed by atoms with Crippen LogP contribution in [0.4, 0.5) is 20.4 Å². The van der Waals surface area contributed by atoms with E-state index in [1.54, 1.807) is 24.3 Å². The Hall–Kier alpha value is -2.85. The number of para-hydroxylation sites is 2. The SMILES string of the molecule is C[C@H]1COC(C)(C)CN1c1cc(N2CCOCC2)nc(-n2c(C(F)F)nc3ccccc32)n1. The van der Waals surface area contributed by atoms with Crippen molar-refractivity contribution in [3.8, 4) is 5.95 Å². The van der Waals surface area contributed by atoms with Crippen molar-refractivity contribution in [3.63, 3.8) is 0 Å². The standard InChI is InChI=1S/C23H28F2N6O2/c1-15-13-33-23(2,3)14-30(15)19-12-18(29-8-10-32-11-9-29)27-22(28-19)31-17-7-5-4-6-16(17)26-21(31)20(24)25/h4-7,12,15,20H,8-11,13-14H2,1-3H3/t15-/m0/s1. The van der Waals surface area contributed by atoms with Crippen LogP contribution in [0.25, 0.3) is 17.0 Å². The minimum atomic E-state index is -2.77. The van der Waals surface area contributed by atoms with E-state index in [1.807, 2.05) is 19.9 Å². The number of rotatable bonds is 4. The van der Waals surface area contributed by atoms with Crippen LogP contribution in [0.2, 0.25) is 0 Å². The fourth-order valence-electron chi connectivity index (χ4n) is 4.37. The molecule has 4 heterocycles. The molecule has 8 nitrogen and oxygen atoms in total. The summed E-state index contributed by atoms with van der Waals surface area (Å²) in [4.78, 5) is 18.0. The van der Waals surface area contributed by atoms with E-state index in [-0.39, 0.29) is 23.4 Å². The maximum Gasteiger partial charge on any atom is 0.296 e.